The van der Waals surface area contributed by atoms with E-state index in [1.54, 1.807) is 0 Å². The molecule has 2 aliphatic rings. The normalized spacial score (nSPS) is 25.4. The zero-order valence-electron chi connectivity index (χ0n) is 9.43. The molecule has 1 aliphatic heterocycles. The zero-order valence-corrected chi connectivity index (χ0v) is 10.2. The highest BCUT2D eigenvalue weighted by atomic mass is 32.1. The van der Waals surface area contributed by atoms with Gasteiger partial charge in [0.1, 0.15) is 0 Å². The van der Waals surface area contributed by atoms with E-state index < -0.39 is 0 Å². The van der Waals surface area contributed by atoms with Crippen molar-refractivity contribution in [3.8, 4) is 0 Å². The topological polar surface area (TPSA) is 41.1 Å². The van der Waals surface area contributed by atoms with E-state index in [0.29, 0.717) is 6.04 Å². The van der Waals surface area contributed by atoms with Gasteiger partial charge < -0.3 is 5.32 Å². The number of nitrogens with one attached hydrogen (secondary N) is 1. The van der Waals surface area contributed by atoms with Crippen molar-refractivity contribution in [2.45, 2.75) is 44.3 Å². The minimum absolute atomic E-state index is 0.701. The number of hydrogen-bond donors (Lipinski definition) is 1. The quantitative estimate of drug-likeness (QED) is 0.838. The van der Waals surface area contributed by atoms with Gasteiger partial charge in [-0.1, -0.05) is 4.49 Å². The fraction of sp³-hybridized carbons (Fsp3) is 0.818. The summed E-state index contributed by atoms with van der Waals surface area (Å²) in [5.74, 6) is 0. The van der Waals surface area contributed by atoms with Gasteiger partial charge in [0.15, 0.2) is 0 Å². The monoisotopic (exact) mass is 238 g/mol. The lowest BCUT2D eigenvalue weighted by Gasteiger charge is -2.24. The van der Waals surface area contributed by atoms with E-state index >= 15 is 0 Å². The van der Waals surface area contributed by atoms with Crippen LogP contribution in [0.2, 0.25) is 0 Å². The highest BCUT2D eigenvalue weighted by Gasteiger charge is 2.31. The maximum atomic E-state index is 4.15. The van der Waals surface area contributed by atoms with Crippen molar-refractivity contribution in [2.24, 2.45) is 0 Å². The van der Waals surface area contributed by atoms with Crippen LogP contribution in [-0.2, 0) is 6.54 Å². The molecular weight excluding hydrogens is 220 g/mol. The van der Waals surface area contributed by atoms with Gasteiger partial charge in [0.2, 0.25) is 0 Å². The molecule has 0 spiro atoms. The summed E-state index contributed by atoms with van der Waals surface area (Å²) >= 11 is 1.45. The van der Waals surface area contributed by atoms with E-state index in [2.05, 4.69) is 25.2 Å². The van der Waals surface area contributed by atoms with Crippen LogP contribution in [0.15, 0.2) is 5.38 Å². The fourth-order valence-corrected chi connectivity index (χ4v) is 2.88. The molecule has 2 fully saturated rings. The number of nitrogens with zero attached hydrogens (tertiary/aromatic N) is 3. The van der Waals surface area contributed by atoms with Crippen molar-refractivity contribution in [1.82, 2.24) is 19.8 Å². The Labute approximate surface area is 100 Å². The summed E-state index contributed by atoms with van der Waals surface area (Å²) in [6.07, 6.45) is 5.40. The first kappa shape index (κ1) is 10.6. The van der Waals surface area contributed by atoms with Crippen LogP contribution in [0.5, 0.6) is 0 Å². The fourth-order valence-electron chi connectivity index (χ4n) is 2.44. The first-order chi connectivity index (χ1) is 7.92. The van der Waals surface area contributed by atoms with Crippen LogP contribution < -0.4 is 5.32 Å². The molecule has 0 aromatic carbocycles. The van der Waals surface area contributed by atoms with Gasteiger partial charge in [0, 0.05) is 30.6 Å². The highest BCUT2D eigenvalue weighted by molar-refractivity contribution is 7.03. The van der Waals surface area contributed by atoms with Crippen LogP contribution in [-0.4, -0.2) is 39.7 Å². The molecule has 1 N–H and O–H groups in total. The predicted octanol–water partition coefficient (Wildman–Crippen LogP) is 1.25. The van der Waals surface area contributed by atoms with Crippen LogP contribution in [0.3, 0.4) is 0 Å². The van der Waals surface area contributed by atoms with Crippen molar-refractivity contribution in [3.63, 3.8) is 0 Å². The molecule has 1 aromatic heterocycles. The maximum absolute atomic E-state index is 4.15. The van der Waals surface area contributed by atoms with E-state index in [4.69, 9.17) is 0 Å². The van der Waals surface area contributed by atoms with E-state index in [1.165, 1.54) is 50.3 Å². The molecule has 0 amide bonds. The maximum Gasteiger partial charge on any atom is 0.0895 e. The second-order valence-corrected chi connectivity index (χ2v) is 5.46. The lowest BCUT2D eigenvalue weighted by molar-refractivity contribution is 0.228. The first-order valence-corrected chi connectivity index (χ1v) is 6.99. The largest absolute Gasteiger partial charge is 0.313 e. The van der Waals surface area contributed by atoms with Gasteiger partial charge in [-0.3, -0.25) is 4.90 Å². The number of aromatic nitrogens is 2. The van der Waals surface area contributed by atoms with Crippen molar-refractivity contribution in [3.05, 3.63) is 11.1 Å². The Bertz CT molecular complexity index is 317. The van der Waals surface area contributed by atoms with Gasteiger partial charge in [0.05, 0.1) is 5.69 Å². The molecule has 0 bridgehead atoms. The second kappa shape index (κ2) is 4.77. The van der Waals surface area contributed by atoms with Crippen LogP contribution >= 0.6 is 11.5 Å². The standard InChI is InChI=1S/C11H18N4S/c1-2-9(12-5-1)6-15(11-3-4-11)7-10-8-16-14-13-10/h8-9,11-12H,1-7H2/t9-/m0/s1. The third kappa shape index (κ3) is 2.59. The molecule has 16 heavy (non-hydrogen) atoms. The second-order valence-electron chi connectivity index (χ2n) is 4.85. The van der Waals surface area contributed by atoms with Crippen LogP contribution in [0.25, 0.3) is 0 Å². The third-order valence-corrected chi connectivity index (χ3v) is 4.00. The number of hydrogen-bond acceptors (Lipinski definition) is 5. The third-order valence-electron chi connectivity index (χ3n) is 3.45. The van der Waals surface area contributed by atoms with Crippen molar-refractivity contribution < 1.29 is 0 Å². The Balaban J connectivity index is 1.57. The summed E-state index contributed by atoms with van der Waals surface area (Å²) in [5, 5.41) is 9.79. The van der Waals surface area contributed by atoms with E-state index in [-0.39, 0.29) is 0 Å². The van der Waals surface area contributed by atoms with Gasteiger partial charge in [-0.25, -0.2) is 0 Å². The summed E-state index contributed by atoms with van der Waals surface area (Å²) in [4.78, 5) is 2.58. The molecular formula is C11H18N4S. The molecule has 4 nitrogen and oxygen atoms in total. The van der Waals surface area contributed by atoms with Crippen LogP contribution in [0, 0.1) is 0 Å². The first-order valence-electron chi connectivity index (χ1n) is 6.15. The Morgan fingerprint density at radius 2 is 2.38 bits per heavy atom. The van der Waals surface area contributed by atoms with E-state index in [9.17, 15) is 0 Å². The average Bonchev–Trinajstić information content (AvgIpc) is 2.79. The lowest BCUT2D eigenvalue weighted by Crippen LogP contribution is -2.38. The van der Waals surface area contributed by atoms with Crippen molar-refractivity contribution in [1.29, 1.82) is 0 Å². The Kier molecular flexibility index (Phi) is 3.17. The summed E-state index contributed by atoms with van der Waals surface area (Å²) in [5.41, 5.74) is 1.13. The Morgan fingerprint density at radius 1 is 1.44 bits per heavy atom. The van der Waals surface area contributed by atoms with Crippen LogP contribution in [0.4, 0.5) is 0 Å². The van der Waals surface area contributed by atoms with Gasteiger partial charge in [-0.05, 0) is 43.8 Å². The molecule has 1 aromatic rings. The molecule has 0 unspecified atom stereocenters. The van der Waals surface area contributed by atoms with Gasteiger partial charge in [0.25, 0.3) is 0 Å². The van der Waals surface area contributed by atoms with Gasteiger partial charge in [-0.2, -0.15) is 0 Å². The lowest BCUT2D eigenvalue weighted by atomic mass is 10.2. The number of rotatable bonds is 5. The molecule has 1 saturated heterocycles. The molecule has 5 heteroatoms. The molecule has 1 aliphatic carbocycles. The molecule has 88 valence electrons. The average molecular weight is 238 g/mol. The summed E-state index contributed by atoms with van der Waals surface area (Å²) in [6.45, 7) is 3.36. The Hall–Kier alpha value is -0.520. The van der Waals surface area contributed by atoms with Crippen molar-refractivity contribution in [2.75, 3.05) is 13.1 Å². The van der Waals surface area contributed by atoms with E-state index in [0.717, 1.165) is 18.3 Å². The molecule has 1 saturated carbocycles. The highest BCUT2D eigenvalue weighted by Crippen LogP contribution is 2.28. The summed E-state index contributed by atoms with van der Waals surface area (Å²) < 4.78 is 3.94. The molecule has 0 radical (unpaired) electrons. The van der Waals surface area contributed by atoms with Gasteiger partial charge in [-0.15, -0.1) is 5.10 Å². The SMILES string of the molecule is c1snnc1CN(C[C@@H]1CCCN1)C1CC1. The van der Waals surface area contributed by atoms with E-state index in [1.807, 2.05) is 0 Å². The smallest absolute Gasteiger partial charge is 0.0895 e. The predicted molar refractivity (Wildman–Crippen MR) is 64.4 cm³/mol. The van der Waals surface area contributed by atoms with Crippen LogP contribution in [0.1, 0.15) is 31.4 Å². The minimum Gasteiger partial charge on any atom is -0.313 e. The molecule has 2 heterocycles. The molecule has 1 atom stereocenters. The Morgan fingerprint density at radius 3 is 3.00 bits per heavy atom. The molecule has 3 rings (SSSR count). The summed E-state index contributed by atoms with van der Waals surface area (Å²) in [6, 6.07) is 1.51. The summed E-state index contributed by atoms with van der Waals surface area (Å²) in [7, 11) is 0. The van der Waals surface area contributed by atoms with Crippen molar-refractivity contribution >= 4 is 11.5 Å². The zero-order chi connectivity index (χ0) is 10.8. The van der Waals surface area contributed by atoms with Gasteiger partial charge >= 0.3 is 0 Å². The minimum atomic E-state index is 0.701.